The number of hydrogen-bond donors (Lipinski definition) is 2. The molecule has 5 aromatic rings. The summed E-state index contributed by atoms with van der Waals surface area (Å²) in [6, 6.07) is 12.0. The van der Waals surface area contributed by atoms with E-state index in [1.165, 1.54) is 30.0 Å². The molecule has 32 heavy (non-hydrogen) atoms. The highest BCUT2D eigenvalue weighted by atomic mass is 32.1. The first-order chi connectivity index (χ1) is 15.4. The van der Waals surface area contributed by atoms with Crippen LogP contribution in [0.3, 0.4) is 0 Å². The van der Waals surface area contributed by atoms with Crippen LogP contribution in [0.1, 0.15) is 16.8 Å². The zero-order valence-corrected chi connectivity index (χ0v) is 18.2. The topological polar surface area (TPSA) is 103 Å². The van der Waals surface area contributed by atoms with Crippen molar-refractivity contribution in [2.75, 3.05) is 5.73 Å². The Balaban J connectivity index is 1.64. The summed E-state index contributed by atoms with van der Waals surface area (Å²) < 4.78 is 20.1. The number of halogens is 1. The second-order valence-corrected chi connectivity index (χ2v) is 8.39. The van der Waals surface area contributed by atoms with E-state index in [2.05, 4.69) is 33.4 Å². The molecule has 3 N–H and O–H groups in total. The van der Waals surface area contributed by atoms with Crippen molar-refractivity contribution in [3.8, 4) is 27.4 Å². The van der Waals surface area contributed by atoms with Crippen molar-refractivity contribution in [1.82, 2.24) is 24.1 Å². The number of nitrogens with two attached hydrogens (primary N) is 1. The number of hydrogen-bond acceptors (Lipinski definition) is 7. The van der Waals surface area contributed by atoms with Gasteiger partial charge in [0.25, 0.3) is 0 Å². The van der Waals surface area contributed by atoms with Crippen molar-refractivity contribution in [3.05, 3.63) is 71.4 Å². The molecule has 7 nitrogen and oxygen atoms in total. The van der Waals surface area contributed by atoms with E-state index < -0.39 is 5.82 Å². The number of benzene rings is 2. The van der Waals surface area contributed by atoms with Gasteiger partial charge in [-0.1, -0.05) is 18.2 Å². The Morgan fingerprint density at radius 2 is 1.97 bits per heavy atom. The van der Waals surface area contributed by atoms with Crippen molar-refractivity contribution in [1.29, 1.82) is 0 Å². The van der Waals surface area contributed by atoms with Gasteiger partial charge >= 0.3 is 0 Å². The quantitative estimate of drug-likeness (QED) is 0.415. The molecule has 0 amide bonds. The number of aromatic nitrogens is 5. The minimum Gasteiger partial charge on any atom is -0.508 e. The summed E-state index contributed by atoms with van der Waals surface area (Å²) in [6.45, 7) is 4.48. The molecule has 0 spiro atoms. The summed E-state index contributed by atoms with van der Waals surface area (Å²) in [5.41, 5.74) is 11.8. The van der Waals surface area contributed by atoms with E-state index >= 15 is 0 Å². The van der Waals surface area contributed by atoms with E-state index in [0.29, 0.717) is 28.8 Å². The Morgan fingerprint density at radius 3 is 2.72 bits per heavy atom. The van der Waals surface area contributed by atoms with Gasteiger partial charge in [-0.25, -0.2) is 19.0 Å². The van der Waals surface area contributed by atoms with Gasteiger partial charge in [0.05, 0.1) is 22.5 Å². The zero-order chi connectivity index (χ0) is 22.4. The molecule has 2 aromatic carbocycles. The van der Waals surface area contributed by atoms with Crippen LogP contribution in [0.5, 0.6) is 5.75 Å². The van der Waals surface area contributed by atoms with Crippen LogP contribution in [0, 0.1) is 19.7 Å². The van der Waals surface area contributed by atoms with Crippen LogP contribution >= 0.6 is 11.5 Å². The number of anilines is 1. The molecule has 3 heterocycles. The molecule has 9 heteroatoms. The van der Waals surface area contributed by atoms with E-state index in [4.69, 9.17) is 10.8 Å². The molecule has 0 saturated carbocycles. The lowest BCUT2D eigenvalue weighted by molar-refractivity contribution is 0.469. The second kappa shape index (κ2) is 7.69. The first-order valence-electron chi connectivity index (χ1n) is 9.90. The predicted octanol–water partition coefficient (Wildman–Crippen LogP) is 4.71. The number of fused-ring (bicyclic) bond motifs is 1. The molecule has 0 aliphatic rings. The van der Waals surface area contributed by atoms with Crippen LogP contribution in [-0.2, 0) is 6.54 Å². The summed E-state index contributed by atoms with van der Waals surface area (Å²) in [7, 11) is 0. The summed E-state index contributed by atoms with van der Waals surface area (Å²) in [5.74, 6) is -0.520. The lowest BCUT2D eigenvalue weighted by atomic mass is 10.0. The summed E-state index contributed by atoms with van der Waals surface area (Å²) in [4.78, 5) is 9.58. The summed E-state index contributed by atoms with van der Waals surface area (Å²) in [6.07, 6.45) is 1.38. The molecule has 0 bridgehead atoms. The third-order valence-corrected chi connectivity index (χ3v) is 6.29. The van der Waals surface area contributed by atoms with Gasteiger partial charge in [0.1, 0.15) is 29.4 Å². The zero-order valence-electron chi connectivity index (χ0n) is 17.4. The van der Waals surface area contributed by atoms with Crippen molar-refractivity contribution >= 4 is 28.4 Å². The lowest BCUT2D eigenvalue weighted by Crippen LogP contribution is -2.05. The van der Waals surface area contributed by atoms with Crippen molar-refractivity contribution in [2.24, 2.45) is 0 Å². The predicted molar refractivity (Wildman–Crippen MR) is 123 cm³/mol. The van der Waals surface area contributed by atoms with Gasteiger partial charge < -0.3 is 10.8 Å². The van der Waals surface area contributed by atoms with Gasteiger partial charge in [0, 0.05) is 11.6 Å². The smallest absolute Gasteiger partial charge is 0.164 e. The van der Waals surface area contributed by atoms with Crippen LogP contribution in [0.15, 0.2) is 48.8 Å². The van der Waals surface area contributed by atoms with Gasteiger partial charge in [-0.2, -0.15) is 9.47 Å². The molecule has 0 saturated heterocycles. The normalized spacial score (nSPS) is 11.3. The Kier molecular flexibility index (Phi) is 4.82. The van der Waals surface area contributed by atoms with Crippen LogP contribution in [0.2, 0.25) is 0 Å². The minimum atomic E-state index is -0.568. The number of aryl methyl sites for hydroxylation is 1. The molecular weight excluding hydrogens is 427 g/mol. The SMILES string of the molecule is Cc1cc(-c2cccc(Cn3nc(-c4cc(O)cc(F)c4)c4c(N)ncnc43)c2C)sn1. The number of phenols is 1. The first-order valence-corrected chi connectivity index (χ1v) is 10.7. The fourth-order valence-corrected chi connectivity index (χ4v) is 4.66. The summed E-state index contributed by atoms with van der Waals surface area (Å²) >= 11 is 1.47. The maximum atomic E-state index is 14.0. The average Bonchev–Trinajstić information content (AvgIpc) is 3.34. The van der Waals surface area contributed by atoms with Gasteiger partial charge in [0.2, 0.25) is 0 Å². The Bertz CT molecular complexity index is 1450. The lowest BCUT2D eigenvalue weighted by Gasteiger charge is -2.10. The fraction of sp³-hybridized carbons (Fsp3) is 0.130. The molecule has 3 aromatic heterocycles. The van der Waals surface area contributed by atoms with Crippen molar-refractivity contribution < 1.29 is 9.50 Å². The third kappa shape index (κ3) is 3.46. The highest BCUT2D eigenvalue weighted by Gasteiger charge is 2.19. The summed E-state index contributed by atoms with van der Waals surface area (Å²) in [5, 5.41) is 15.1. The standard InChI is InChI=1S/C23H19FN6OS/c1-12-6-19(32-29-12)18-5-3-4-14(13(18)2)10-30-23-20(22(25)26-11-27-23)21(28-30)15-7-16(24)9-17(31)8-15/h3-9,11,31H,10H2,1-2H3,(H2,25,26,27). The van der Waals surface area contributed by atoms with E-state index in [1.807, 2.05) is 19.1 Å². The molecule has 0 aliphatic heterocycles. The number of nitrogen functional groups attached to an aromatic ring is 1. The largest absolute Gasteiger partial charge is 0.508 e. The molecule has 0 radical (unpaired) electrons. The Labute approximate surface area is 187 Å². The van der Waals surface area contributed by atoms with Crippen LogP contribution in [0.4, 0.5) is 10.2 Å². The van der Waals surface area contributed by atoms with Crippen molar-refractivity contribution in [3.63, 3.8) is 0 Å². The van der Waals surface area contributed by atoms with Gasteiger partial charge in [0.15, 0.2) is 5.65 Å². The molecular formula is C23H19FN6OS. The monoisotopic (exact) mass is 446 g/mol. The number of nitrogens with zero attached hydrogens (tertiary/aromatic N) is 5. The molecule has 0 aliphatic carbocycles. The third-order valence-electron chi connectivity index (χ3n) is 5.37. The van der Waals surface area contributed by atoms with E-state index in [1.54, 1.807) is 4.68 Å². The fourth-order valence-electron chi connectivity index (χ4n) is 3.83. The van der Waals surface area contributed by atoms with Gasteiger partial charge in [-0.3, -0.25) is 0 Å². The molecule has 0 unspecified atom stereocenters. The van der Waals surface area contributed by atoms with E-state index in [-0.39, 0.29) is 11.6 Å². The molecule has 5 rings (SSSR count). The Hall–Kier alpha value is -3.85. The highest BCUT2D eigenvalue weighted by molar-refractivity contribution is 7.09. The molecule has 0 fully saturated rings. The maximum absolute atomic E-state index is 14.0. The maximum Gasteiger partial charge on any atom is 0.164 e. The van der Waals surface area contributed by atoms with E-state index in [0.717, 1.165) is 33.3 Å². The van der Waals surface area contributed by atoms with Crippen LogP contribution < -0.4 is 5.73 Å². The first kappa shape index (κ1) is 20.1. The minimum absolute atomic E-state index is 0.193. The van der Waals surface area contributed by atoms with Crippen LogP contribution in [0.25, 0.3) is 32.7 Å². The van der Waals surface area contributed by atoms with E-state index in [9.17, 15) is 9.50 Å². The Morgan fingerprint density at radius 1 is 1.12 bits per heavy atom. The van der Waals surface area contributed by atoms with Gasteiger partial charge in [-0.05, 0) is 60.3 Å². The second-order valence-electron chi connectivity index (χ2n) is 7.58. The van der Waals surface area contributed by atoms with Gasteiger partial charge in [-0.15, -0.1) is 0 Å². The van der Waals surface area contributed by atoms with Crippen LogP contribution in [-0.4, -0.2) is 29.2 Å². The molecule has 160 valence electrons. The van der Waals surface area contributed by atoms with Crippen molar-refractivity contribution in [2.45, 2.75) is 20.4 Å². The molecule has 0 atom stereocenters. The number of rotatable bonds is 4. The number of aromatic hydroxyl groups is 1. The highest BCUT2D eigenvalue weighted by Crippen LogP contribution is 2.34. The average molecular weight is 447 g/mol. The number of phenolic OH excluding ortho intramolecular Hbond substituents is 1.